The predicted molar refractivity (Wildman–Crippen MR) is 127 cm³/mol. The number of benzene rings is 3. The second kappa shape index (κ2) is 9.76. The van der Waals surface area contributed by atoms with Crippen molar-refractivity contribution in [3.63, 3.8) is 0 Å². The number of aromatic nitrogens is 1. The third kappa shape index (κ3) is 5.71. The van der Waals surface area contributed by atoms with E-state index < -0.39 is 6.03 Å². The van der Waals surface area contributed by atoms with Crippen LogP contribution in [0.2, 0.25) is 0 Å². The Hall–Kier alpha value is -4.17. The van der Waals surface area contributed by atoms with Crippen LogP contribution in [0.4, 0.5) is 21.3 Å². The van der Waals surface area contributed by atoms with Gasteiger partial charge in [0, 0.05) is 16.8 Å². The fourth-order valence-electron chi connectivity index (χ4n) is 2.76. The van der Waals surface area contributed by atoms with Gasteiger partial charge in [-0.3, -0.25) is 10.1 Å². The highest BCUT2D eigenvalue weighted by Gasteiger charge is 2.13. The van der Waals surface area contributed by atoms with Crippen LogP contribution in [-0.4, -0.2) is 16.9 Å². The zero-order valence-electron chi connectivity index (χ0n) is 17.2. The lowest BCUT2D eigenvalue weighted by Crippen LogP contribution is -2.19. The number of amides is 3. The molecule has 0 aliphatic carbocycles. The number of thiazole rings is 1. The van der Waals surface area contributed by atoms with E-state index >= 15 is 0 Å². The van der Waals surface area contributed by atoms with Crippen LogP contribution in [0.3, 0.4) is 0 Å². The minimum atomic E-state index is -0.427. The van der Waals surface area contributed by atoms with Gasteiger partial charge in [0.05, 0.1) is 0 Å². The number of ether oxygens (including phenoxy) is 1. The molecule has 1 heterocycles. The van der Waals surface area contributed by atoms with Crippen molar-refractivity contribution in [2.75, 3.05) is 16.0 Å². The second-order valence-corrected chi connectivity index (χ2v) is 7.73. The number of carbonyl (C=O) groups is 2. The molecule has 0 saturated heterocycles. The maximum absolute atomic E-state index is 12.5. The summed E-state index contributed by atoms with van der Waals surface area (Å²) < 4.78 is 5.74. The molecular formula is C24H20N4O3S. The van der Waals surface area contributed by atoms with E-state index in [0.29, 0.717) is 22.3 Å². The van der Waals surface area contributed by atoms with Gasteiger partial charge in [0.15, 0.2) is 5.13 Å². The first kappa shape index (κ1) is 21.1. The average molecular weight is 445 g/mol. The van der Waals surface area contributed by atoms with E-state index in [9.17, 15) is 9.59 Å². The Morgan fingerprint density at radius 3 is 2.12 bits per heavy atom. The molecule has 3 aromatic carbocycles. The number of urea groups is 1. The van der Waals surface area contributed by atoms with E-state index in [1.165, 1.54) is 11.3 Å². The Labute approximate surface area is 189 Å². The molecule has 4 aromatic rings. The lowest BCUT2D eigenvalue weighted by atomic mass is 10.2. The van der Waals surface area contributed by atoms with Crippen molar-refractivity contribution in [1.29, 1.82) is 0 Å². The molecule has 0 atom stereocenters. The number of aryl methyl sites for hydroxylation is 1. The van der Waals surface area contributed by atoms with Gasteiger partial charge >= 0.3 is 6.03 Å². The molecule has 7 nitrogen and oxygen atoms in total. The van der Waals surface area contributed by atoms with Crippen LogP contribution in [0.25, 0.3) is 0 Å². The summed E-state index contributed by atoms with van der Waals surface area (Å²) in [4.78, 5) is 28.8. The Morgan fingerprint density at radius 1 is 0.781 bits per heavy atom. The van der Waals surface area contributed by atoms with Crippen LogP contribution >= 0.6 is 11.3 Å². The van der Waals surface area contributed by atoms with Gasteiger partial charge in [0.2, 0.25) is 0 Å². The molecule has 3 N–H and O–H groups in total. The summed E-state index contributed by atoms with van der Waals surface area (Å²) in [5.41, 5.74) is 2.59. The third-order valence-corrected chi connectivity index (χ3v) is 5.12. The van der Waals surface area contributed by atoms with E-state index in [4.69, 9.17) is 4.74 Å². The highest BCUT2D eigenvalue weighted by molar-refractivity contribution is 7.14. The zero-order chi connectivity index (χ0) is 22.3. The minimum Gasteiger partial charge on any atom is -0.457 e. The number of hydrogen-bond donors (Lipinski definition) is 3. The predicted octanol–water partition coefficient (Wildman–Crippen LogP) is 6.14. The molecule has 0 aliphatic rings. The molecule has 0 fully saturated rings. The van der Waals surface area contributed by atoms with E-state index in [-0.39, 0.29) is 11.6 Å². The van der Waals surface area contributed by atoms with Gasteiger partial charge in [-0.15, -0.1) is 11.3 Å². The molecule has 3 amide bonds. The normalized spacial score (nSPS) is 10.3. The summed E-state index contributed by atoms with van der Waals surface area (Å²) in [7, 11) is 0. The van der Waals surface area contributed by atoms with Crippen molar-refractivity contribution in [2.24, 2.45) is 0 Å². The molecule has 1 aromatic heterocycles. The van der Waals surface area contributed by atoms with E-state index in [1.807, 2.05) is 61.5 Å². The van der Waals surface area contributed by atoms with Crippen LogP contribution in [0, 0.1) is 6.92 Å². The summed E-state index contributed by atoms with van der Waals surface area (Å²) in [5, 5.41) is 10.1. The number of carbonyl (C=O) groups excluding carboxylic acids is 2. The number of para-hydroxylation sites is 1. The van der Waals surface area contributed by atoms with Crippen molar-refractivity contribution in [3.8, 4) is 11.5 Å². The van der Waals surface area contributed by atoms with Crippen molar-refractivity contribution in [3.05, 3.63) is 95.5 Å². The maximum atomic E-state index is 12.5. The Kier molecular flexibility index (Phi) is 6.43. The second-order valence-electron chi connectivity index (χ2n) is 6.88. The number of hydrogen-bond acceptors (Lipinski definition) is 5. The Morgan fingerprint density at radius 2 is 1.41 bits per heavy atom. The van der Waals surface area contributed by atoms with E-state index in [0.717, 1.165) is 11.3 Å². The highest BCUT2D eigenvalue weighted by Crippen LogP contribution is 2.23. The quantitative estimate of drug-likeness (QED) is 0.333. The van der Waals surface area contributed by atoms with Crippen LogP contribution in [0.5, 0.6) is 11.5 Å². The summed E-state index contributed by atoms with van der Waals surface area (Å²) in [6.07, 6.45) is 0. The third-order valence-electron chi connectivity index (χ3n) is 4.36. The van der Waals surface area contributed by atoms with Crippen molar-refractivity contribution in [1.82, 2.24) is 4.98 Å². The highest BCUT2D eigenvalue weighted by atomic mass is 32.1. The van der Waals surface area contributed by atoms with Crippen LogP contribution < -0.4 is 20.7 Å². The fourth-order valence-corrected chi connectivity index (χ4v) is 3.44. The van der Waals surface area contributed by atoms with Gasteiger partial charge in [-0.2, -0.15) is 0 Å². The number of nitrogens with zero attached hydrogens (tertiary/aromatic N) is 1. The molecule has 0 aliphatic heterocycles. The molecule has 0 bridgehead atoms. The molecule has 0 saturated carbocycles. The maximum Gasteiger partial charge on any atom is 0.325 e. The number of rotatable bonds is 6. The van der Waals surface area contributed by atoms with Crippen molar-refractivity contribution in [2.45, 2.75) is 6.92 Å². The summed E-state index contributed by atoms with van der Waals surface area (Å²) in [6.45, 7) is 1.97. The topological polar surface area (TPSA) is 92.4 Å². The van der Waals surface area contributed by atoms with Crippen molar-refractivity contribution < 1.29 is 14.3 Å². The van der Waals surface area contributed by atoms with Gasteiger partial charge in [0.1, 0.15) is 17.2 Å². The molecule has 32 heavy (non-hydrogen) atoms. The first-order valence-corrected chi connectivity index (χ1v) is 10.7. The van der Waals surface area contributed by atoms with Gasteiger partial charge in [-0.25, -0.2) is 9.78 Å². The smallest absolute Gasteiger partial charge is 0.325 e. The molecule has 0 unspecified atom stereocenters. The molecule has 4 rings (SSSR count). The lowest BCUT2D eigenvalue weighted by Gasteiger charge is -2.07. The largest absolute Gasteiger partial charge is 0.457 e. The first-order chi connectivity index (χ1) is 15.5. The van der Waals surface area contributed by atoms with Gasteiger partial charge in [-0.1, -0.05) is 35.9 Å². The SMILES string of the molecule is Cc1ccc(NC(=O)Nc2nc(C(=O)Nc3ccc(Oc4ccccc4)cc3)cs2)cc1. The average Bonchev–Trinajstić information content (AvgIpc) is 3.26. The molecule has 8 heteroatoms. The van der Waals surface area contributed by atoms with Crippen LogP contribution in [-0.2, 0) is 0 Å². The van der Waals surface area contributed by atoms with Gasteiger partial charge in [-0.05, 0) is 55.5 Å². The number of nitrogens with one attached hydrogen (secondary N) is 3. The standard InChI is InChI=1S/C24H20N4O3S/c1-16-7-9-18(10-8-16)26-23(30)28-24-27-21(15-32-24)22(29)25-17-11-13-20(14-12-17)31-19-5-3-2-4-6-19/h2-15H,1H3,(H,25,29)(H2,26,27,28,30). The fraction of sp³-hybridized carbons (Fsp3) is 0.0417. The van der Waals surface area contributed by atoms with Crippen LogP contribution in [0.1, 0.15) is 16.1 Å². The van der Waals surface area contributed by atoms with Crippen LogP contribution in [0.15, 0.2) is 84.2 Å². The lowest BCUT2D eigenvalue weighted by molar-refractivity contribution is 0.102. The Balaban J connectivity index is 1.31. The molecule has 0 spiro atoms. The van der Waals surface area contributed by atoms with Crippen molar-refractivity contribution >= 4 is 39.8 Å². The first-order valence-electron chi connectivity index (χ1n) is 9.80. The van der Waals surface area contributed by atoms with E-state index in [2.05, 4.69) is 20.9 Å². The monoisotopic (exact) mass is 444 g/mol. The summed E-state index contributed by atoms with van der Waals surface area (Å²) >= 11 is 1.17. The van der Waals surface area contributed by atoms with E-state index in [1.54, 1.807) is 29.6 Å². The Bertz CT molecular complexity index is 1210. The summed E-state index contributed by atoms with van der Waals surface area (Å²) in [5.74, 6) is 1.03. The molecule has 0 radical (unpaired) electrons. The summed E-state index contributed by atoms with van der Waals surface area (Å²) in [6, 6.07) is 23.5. The minimum absolute atomic E-state index is 0.213. The number of anilines is 3. The molecule has 160 valence electrons. The molecular weight excluding hydrogens is 424 g/mol. The van der Waals surface area contributed by atoms with Gasteiger partial charge < -0.3 is 15.4 Å². The zero-order valence-corrected chi connectivity index (χ0v) is 18.0. The van der Waals surface area contributed by atoms with Gasteiger partial charge in [0.25, 0.3) is 5.91 Å².